The van der Waals surface area contributed by atoms with Gasteiger partial charge in [-0.05, 0) is 30.7 Å². The van der Waals surface area contributed by atoms with Crippen molar-refractivity contribution in [3.05, 3.63) is 33.8 Å². The summed E-state index contributed by atoms with van der Waals surface area (Å²) in [5.41, 5.74) is 1.53. The fourth-order valence-electron chi connectivity index (χ4n) is 2.36. The number of rotatable bonds is 3. The van der Waals surface area contributed by atoms with E-state index < -0.39 is 0 Å². The lowest BCUT2D eigenvalue weighted by molar-refractivity contribution is -0.132. The summed E-state index contributed by atoms with van der Waals surface area (Å²) >= 11 is 3.38. The average Bonchev–Trinajstić information content (AvgIpc) is 2.47. The molecule has 2 rings (SSSR count). The second-order valence-electron chi connectivity index (χ2n) is 5.25. The van der Waals surface area contributed by atoms with E-state index in [2.05, 4.69) is 21.2 Å². The maximum Gasteiger partial charge on any atom is 0.254 e. The van der Waals surface area contributed by atoms with Crippen molar-refractivity contribution in [2.24, 2.45) is 0 Å². The molecule has 114 valence electrons. The van der Waals surface area contributed by atoms with E-state index in [1.807, 2.05) is 19.1 Å². The van der Waals surface area contributed by atoms with E-state index in [9.17, 15) is 9.59 Å². The molecule has 0 aliphatic carbocycles. The van der Waals surface area contributed by atoms with Gasteiger partial charge in [0.15, 0.2) is 0 Å². The predicted octanol–water partition coefficient (Wildman–Crippen LogP) is 1.26. The van der Waals surface area contributed by atoms with Gasteiger partial charge in [-0.3, -0.25) is 9.59 Å². The van der Waals surface area contributed by atoms with Crippen molar-refractivity contribution in [2.75, 3.05) is 39.8 Å². The first-order chi connectivity index (χ1) is 9.99. The first-order valence-corrected chi connectivity index (χ1v) is 7.78. The Morgan fingerprint density at radius 3 is 2.62 bits per heavy atom. The van der Waals surface area contributed by atoms with Gasteiger partial charge in [0.2, 0.25) is 5.91 Å². The summed E-state index contributed by atoms with van der Waals surface area (Å²) in [7, 11) is 1.67. The highest BCUT2D eigenvalue weighted by Gasteiger charge is 2.21. The van der Waals surface area contributed by atoms with Gasteiger partial charge < -0.3 is 15.1 Å². The minimum atomic E-state index is -0.122. The maximum atomic E-state index is 12.4. The van der Waals surface area contributed by atoms with Gasteiger partial charge in [-0.25, -0.2) is 0 Å². The molecule has 0 saturated carbocycles. The van der Waals surface area contributed by atoms with Gasteiger partial charge in [-0.2, -0.15) is 0 Å². The third-order valence-electron chi connectivity index (χ3n) is 3.61. The number of nitrogens with zero attached hydrogens (tertiary/aromatic N) is 2. The van der Waals surface area contributed by atoms with E-state index in [1.165, 1.54) is 4.90 Å². The summed E-state index contributed by atoms with van der Waals surface area (Å²) < 4.78 is 0.941. The standard InChI is InChI=1S/C15H20BrN3O2/c1-11-9-12(16)3-4-13(11)15(21)18(2)10-14(20)19-7-5-17-6-8-19/h3-4,9,17H,5-8,10H2,1-2H3. The highest BCUT2D eigenvalue weighted by Crippen LogP contribution is 2.17. The quantitative estimate of drug-likeness (QED) is 0.889. The minimum absolute atomic E-state index is 0.00196. The van der Waals surface area contributed by atoms with E-state index in [0.717, 1.165) is 23.1 Å². The number of nitrogens with one attached hydrogen (secondary N) is 1. The third-order valence-corrected chi connectivity index (χ3v) is 4.10. The van der Waals surface area contributed by atoms with Gasteiger partial charge in [0.25, 0.3) is 5.91 Å². The van der Waals surface area contributed by atoms with E-state index in [-0.39, 0.29) is 18.4 Å². The number of carbonyl (C=O) groups excluding carboxylic acids is 2. The highest BCUT2D eigenvalue weighted by molar-refractivity contribution is 9.10. The van der Waals surface area contributed by atoms with Crippen LogP contribution in [0.25, 0.3) is 0 Å². The molecule has 2 amide bonds. The number of likely N-dealkylation sites (N-methyl/N-ethyl adjacent to an activating group) is 1. The molecule has 1 N–H and O–H groups in total. The summed E-state index contributed by atoms with van der Waals surface area (Å²) in [6.45, 7) is 5.05. The monoisotopic (exact) mass is 353 g/mol. The number of amides is 2. The van der Waals surface area contributed by atoms with E-state index in [4.69, 9.17) is 0 Å². The number of piperazine rings is 1. The summed E-state index contributed by atoms with van der Waals surface area (Å²) in [6, 6.07) is 5.53. The molecule has 1 aromatic carbocycles. The normalized spacial score (nSPS) is 14.9. The molecule has 5 nitrogen and oxygen atoms in total. The van der Waals surface area contributed by atoms with Gasteiger partial charge in [-0.15, -0.1) is 0 Å². The van der Waals surface area contributed by atoms with Crippen molar-refractivity contribution in [2.45, 2.75) is 6.92 Å². The molecule has 6 heteroatoms. The Morgan fingerprint density at radius 1 is 1.33 bits per heavy atom. The van der Waals surface area contributed by atoms with Crippen molar-refractivity contribution in [3.8, 4) is 0 Å². The van der Waals surface area contributed by atoms with Crippen molar-refractivity contribution in [3.63, 3.8) is 0 Å². The number of carbonyl (C=O) groups is 2. The molecule has 0 spiro atoms. The van der Waals surface area contributed by atoms with Crippen molar-refractivity contribution < 1.29 is 9.59 Å². The summed E-state index contributed by atoms with van der Waals surface area (Å²) in [4.78, 5) is 27.9. The largest absolute Gasteiger partial charge is 0.339 e. The van der Waals surface area contributed by atoms with Gasteiger partial charge in [0.05, 0.1) is 6.54 Å². The Kier molecular flexibility index (Phi) is 5.36. The Bertz CT molecular complexity index is 542. The van der Waals surface area contributed by atoms with Crippen LogP contribution in [0.5, 0.6) is 0 Å². The van der Waals surface area contributed by atoms with Crippen LogP contribution < -0.4 is 5.32 Å². The molecule has 1 aromatic rings. The molecular formula is C15H20BrN3O2. The Morgan fingerprint density at radius 2 is 2.00 bits per heavy atom. The molecule has 1 saturated heterocycles. The summed E-state index contributed by atoms with van der Waals surface area (Å²) in [6.07, 6.45) is 0. The second kappa shape index (κ2) is 7.04. The van der Waals surface area contributed by atoms with Crippen molar-refractivity contribution >= 4 is 27.7 Å². The van der Waals surface area contributed by atoms with Crippen LogP contribution >= 0.6 is 15.9 Å². The zero-order valence-corrected chi connectivity index (χ0v) is 13.9. The van der Waals surface area contributed by atoms with Gasteiger partial charge >= 0.3 is 0 Å². The van der Waals surface area contributed by atoms with Crippen molar-refractivity contribution in [1.29, 1.82) is 0 Å². The van der Waals surface area contributed by atoms with Crippen LogP contribution in [0, 0.1) is 6.92 Å². The first-order valence-electron chi connectivity index (χ1n) is 6.99. The maximum absolute atomic E-state index is 12.4. The lowest BCUT2D eigenvalue weighted by atomic mass is 10.1. The summed E-state index contributed by atoms with van der Waals surface area (Å²) in [5.74, 6) is -0.120. The van der Waals surface area contributed by atoms with Crippen molar-refractivity contribution in [1.82, 2.24) is 15.1 Å². The number of hydrogen-bond acceptors (Lipinski definition) is 3. The topological polar surface area (TPSA) is 52.7 Å². The molecule has 1 fully saturated rings. The lowest BCUT2D eigenvalue weighted by Crippen LogP contribution is -2.49. The lowest BCUT2D eigenvalue weighted by Gasteiger charge is -2.29. The van der Waals surface area contributed by atoms with Crippen LogP contribution in [0.2, 0.25) is 0 Å². The summed E-state index contributed by atoms with van der Waals surface area (Å²) in [5, 5.41) is 3.21. The second-order valence-corrected chi connectivity index (χ2v) is 6.17. The Labute approximate surface area is 133 Å². The van der Waals surface area contributed by atoms with Gasteiger partial charge in [-0.1, -0.05) is 15.9 Å². The van der Waals surface area contributed by atoms with Crippen LogP contribution in [-0.4, -0.2) is 61.4 Å². The molecule has 21 heavy (non-hydrogen) atoms. The van der Waals surface area contributed by atoms with Crippen LogP contribution in [0.3, 0.4) is 0 Å². The zero-order valence-electron chi connectivity index (χ0n) is 12.4. The van der Waals surface area contributed by atoms with Crippen LogP contribution in [-0.2, 0) is 4.79 Å². The van der Waals surface area contributed by atoms with Crippen LogP contribution in [0.1, 0.15) is 15.9 Å². The molecule has 0 aromatic heterocycles. The van der Waals surface area contributed by atoms with Gasteiger partial charge in [0.1, 0.15) is 0 Å². The Hall–Kier alpha value is -1.40. The minimum Gasteiger partial charge on any atom is -0.339 e. The first kappa shape index (κ1) is 16.0. The highest BCUT2D eigenvalue weighted by atomic mass is 79.9. The Balaban J connectivity index is 2.00. The smallest absolute Gasteiger partial charge is 0.254 e. The molecule has 1 aliphatic heterocycles. The average molecular weight is 354 g/mol. The van der Waals surface area contributed by atoms with E-state index in [0.29, 0.717) is 18.7 Å². The fourth-order valence-corrected chi connectivity index (χ4v) is 2.84. The molecule has 1 aliphatic rings. The molecule has 1 heterocycles. The molecule has 0 bridgehead atoms. The number of aryl methyl sites for hydroxylation is 1. The van der Waals surface area contributed by atoms with Crippen LogP contribution in [0.4, 0.5) is 0 Å². The molecular weight excluding hydrogens is 334 g/mol. The number of halogens is 1. The predicted molar refractivity (Wildman–Crippen MR) is 85.3 cm³/mol. The number of hydrogen-bond donors (Lipinski definition) is 1. The van der Waals surface area contributed by atoms with Gasteiger partial charge in [0, 0.05) is 43.3 Å². The molecule has 0 radical (unpaired) electrons. The third kappa shape index (κ3) is 4.04. The van der Waals surface area contributed by atoms with E-state index in [1.54, 1.807) is 18.0 Å². The van der Waals surface area contributed by atoms with E-state index >= 15 is 0 Å². The molecule has 0 atom stereocenters. The molecule has 0 unspecified atom stereocenters. The SMILES string of the molecule is Cc1cc(Br)ccc1C(=O)N(C)CC(=O)N1CCNCC1. The number of benzene rings is 1. The fraction of sp³-hybridized carbons (Fsp3) is 0.467. The van der Waals surface area contributed by atoms with Crippen LogP contribution in [0.15, 0.2) is 22.7 Å². The zero-order chi connectivity index (χ0) is 15.4.